The number of nitrogens with zero attached hydrogens (tertiary/aromatic N) is 2. The Bertz CT molecular complexity index is 639. The number of rotatable bonds is 4. The molecule has 6 heteroatoms. The number of carbonyl (C=O) groups excluding carboxylic acids is 1. The molecule has 2 aromatic rings. The highest BCUT2D eigenvalue weighted by Gasteiger charge is 2.20. The van der Waals surface area contributed by atoms with Gasteiger partial charge >= 0.3 is 0 Å². The second-order valence-corrected chi connectivity index (χ2v) is 5.90. The van der Waals surface area contributed by atoms with Gasteiger partial charge in [0.25, 0.3) is 5.91 Å². The van der Waals surface area contributed by atoms with Crippen LogP contribution in [-0.2, 0) is 17.6 Å². The minimum Gasteiger partial charge on any atom is -0.467 e. The summed E-state index contributed by atoms with van der Waals surface area (Å²) < 4.78 is 5.60. The molecule has 1 aliphatic rings. The highest BCUT2D eigenvalue weighted by Crippen LogP contribution is 2.38. The minimum absolute atomic E-state index is 0.00454. The monoisotopic (exact) mass is 291 g/mol. The van der Waals surface area contributed by atoms with Gasteiger partial charge in [-0.05, 0) is 38.2 Å². The number of amides is 1. The van der Waals surface area contributed by atoms with E-state index in [-0.39, 0.29) is 12.5 Å². The molecule has 0 fully saturated rings. The van der Waals surface area contributed by atoms with Gasteiger partial charge in [0.05, 0.1) is 5.39 Å². The molecule has 5 nitrogen and oxygen atoms in total. The Balaban J connectivity index is 1.90. The zero-order valence-corrected chi connectivity index (χ0v) is 12.3. The molecule has 0 unspecified atom stereocenters. The molecule has 0 saturated carbocycles. The summed E-state index contributed by atoms with van der Waals surface area (Å²) in [6, 6.07) is 0. The minimum atomic E-state index is -0.122. The van der Waals surface area contributed by atoms with Crippen LogP contribution in [0.25, 0.3) is 10.2 Å². The predicted octanol–water partition coefficient (Wildman–Crippen LogP) is 2.08. The van der Waals surface area contributed by atoms with E-state index >= 15 is 0 Å². The number of likely N-dealkylation sites (N-methyl/N-ethyl adjacent to an activating group) is 1. The van der Waals surface area contributed by atoms with Crippen LogP contribution in [0.3, 0.4) is 0 Å². The molecule has 0 radical (unpaired) electrons. The van der Waals surface area contributed by atoms with Crippen molar-refractivity contribution in [1.29, 1.82) is 0 Å². The fourth-order valence-electron chi connectivity index (χ4n) is 2.55. The van der Waals surface area contributed by atoms with Crippen molar-refractivity contribution < 1.29 is 9.53 Å². The average Bonchev–Trinajstić information content (AvgIpc) is 2.84. The number of nitrogens with one attached hydrogen (secondary N) is 1. The Hall–Kier alpha value is -1.69. The van der Waals surface area contributed by atoms with Crippen LogP contribution in [0.15, 0.2) is 6.33 Å². The number of aromatic nitrogens is 2. The second kappa shape index (κ2) is 5.75. The summed E-state index contributed by atoms with van der Waals surface area (Å²) in [5.74, 6) is 0.420. The van der Waals surface area contributed by atoms with Gasteiger partial charge in [-0.15, -0.1) is 11.3 Å². The molecule has 0 aliphatic heterocycles. The zero-order valence-electron chi connectivity index (χ0n) is 11.4. The van der Waals surface area contributed by atoms with Crippen LogP contribution in [0.5, 0.6) is 5.88 Å². The largest absolute Gasteiger partial charge is 0.467 e. The van der Waals surface area contributed by atoms with Crippen LogP contribution in [0.4, 0.5) is 0 Å². The third-order valence-corrected chi connectivity index (χ3v) is 4.63. The molecule has 0 bridgehead atoms. The topological polar surface area (TPSA) is 64.1 Å². The van der Waals surface area contributed by atoms with Gasteiger partial charge in [-0.25, -0.2) is 9.97 Å². The Morgan fingerprint density at radius 2 is 2.25 bits per heavy atom. The Labute approximate surface area is 121 Å². The lowest BCUT2D eigenvalue weighted by molar-refractivity contribution is -0.123. The van der Waals surface area contributed by atoms with E-state index in [0.717, 1.165) is 23.1 Å². The van der Waals surface area contributed by atoms with Crippen LogP contribution in [0.2, 0.25) is 0 Å². The summed E-state index contributed by atoms with van der Waals surface area (Å²) in [7, 11) is 0. The summed E-state index contributed by atoms with van der Waals surface area (Å²) in [4.78, 5) is 22.4. The van der Waals surface area contributed by atoms with E-state index in [1.54, 1.807) is 11.3 Å². The van der Waals surface area contributed by atoms with Gasteiger partial charge in [-0.2, -0.15) is 0 Å². The van der Waals surface area contributed by atoms with Crippen LogP contribution in [0, 0.1) is 0 Å². The maximum atomic E-state index is 11.5. The number of thiophene rings is 1. The SMILES string of the molecule is CCNC(=O)COc1ncnc2sc3c(c12)CCCC3. The lowest BCUT2D eigenvalue weighted by atomic mass is 9.97. The normalized spacial score (nSPS) is 14.1. The lowest BCUT2D eigenvalue weighted by Gasteiger charge is -2.11. The molecule has 0 atom stereocenters. The smallest absolute Gasteiger partial charge is 0.257 e. The van der Waals surface area contributed by atoms with Gasteiger partial charge in [0.1, 0.15) is 11.2 Å². The van der Waals surface area contributed by atoms with Gasteiger partial charge in [0.15, 0.2) is 6.61 Å². The standard InChI is InChI=1S/C14H17N3O2S/c1-2-15-11(18)7-19-13-12-9-5-3-4-6-10(9)20-14(12)17-8-16-13/h8H,2-7H2,1H3,(H,15,18). The molecule has 1 amide bonds. The highest BCUT2D eigenvalue weighted by atomic mass is 32.1. The number of hydrogen-bond acceptors (Lipinski definition) is 5. The van der Waals surface area contributed by atoms with E-state index in [1.165, 1.54) is 29.6 Å². The Morgan fingerprint density at radius 1 is 1.40 bits per heavy atom. The summed E-state index contributed by atoms with van der Waals surface area (Å²) in [5, 5.41) is 3.73. The average molecular weight is 291 g/mol. The Morgan fingerprint density at radius 3 is 3.10 bits per heavy atom. The van der Waals surface area contributed by atoms with Crippen molar-refractivity contribution in [3.63, 3.8) is 0 Å². The molecule has 1 aliphatic carbocycles. The van der Waals surface area contributed by atoms with Crippen molar-refractivity contribution in [2.45, 2.75) is 32.6 Å². The zero-order chi connectivity index (χ0) is 13.9. The molecule has 0 spiro atoms. The van der Waals surface area contributed by atoms with Crippen LogP contribution in [0.1, 0.15) is 30.2 Å². The first-order chi connectivity index (χ1) is 9.79. The number of fused-ring (bicyclic) bond motifs is 3. The van der Waals surface area contributed by atoms with E-state index < -0.39 is 0 Å². The number of hydrogen-bond donors (Lipinski definition) is 1. The van der Waals surface area contributed by atoms with E-state index in [4.69, 9.17) is 4.74 Å². The van der Waals surface area contributed by atoms with Crippen LogP contribution in [-0.4, -0.2) is 29.0 Å². The van der Waals surface area contributed by atoms with E-state index in [2.05, 4.69) is 15.3 Å². The third-order valence-electron chi connectivity index (χ3n) is 3.43. The van der Waals surface area contributed by atoms with E-state index in [1.807, 2.05) is 6.92 Å². The van der Waals surface area contributed by atoms with Crippen molar-refractivity contribution in [2.75, 3.05) is 13.2 Å². The second-order valence-electron chi connectivity index (χ2n) is 4.81. The quantitative estimate of drug-likeness (QED) is 0.937. The summed E-state index contributed by atoms with van der Waals surface area (Å²) in [6.07, 6.45) is 6.12. The maximum Gasteiger partial charge on any atom is 0.257 e. The van der Waals surface area contributed by atoms with Crippen molar-refractivity contribution in [3.8, 4) is 5.88 Å². The molecule has 2 heterocycles. The maximum absolute atomic E-state index is 11.5. The van der Waals surface area contributed by atoms with Gasteiger partial charge < -0.3 is 10.1 Å². The molecule has 106 valence electrons. The molecule has 0 saturated heterocycles. The number of ether oxygens (including phenoxy) is 1. The third kappa shape index (κ3) is 2.47. The summed E-state index contributed by atoms with van der Waals surface area (Å²) >= 11 is 1.73. The van der Waals surface area contributed by atoms with Crippen molar-refractivity contribution >= 4 is 27.5 Å². The fourth-order valence-corrected chi connectivity index (χ4v) is 3.77. The molecule has 0 aromatic carbocycles. The molecular formula is C14H17N3O2S. The number of aryl methyl sites for hydroxylation is 2. The van der Waals surface area contributed by atoms with Crippen LogP contribution < -0.4 is 10.1 Å². The first kappa shape index (κ1) is 13.3. The molecule has 3 rings (SSSR count). The van der Waals surface area contributed by atoms with Crippen LogP contribution >= 0.6 is 11.3 Å². The first-order valence-corrected chi connectivity index (χ1v) is 7.76. The van der Waals surface area contributed by atoms with Gasteiger partial charge in [-0.3, -0.25) is 4.79 Å². The number of carbonyl (C=O) groups is 1. The van der Waals surface area contributed by atoms with Gasteiger partial charge in [0, 0.05) is 11.4 Å². The lowest BCUT2D eigenvalue weighted by Crippen LogP contribution is -2.28. The highest BCUT2D eigenvalue weighted by molar-refractivity contribution is 7.18. The van der Waals surface area contributed by atoms with Crippen molar-refractivity contribution in [2.24, 2.45) is 0 Å². The Kier molecular flexibility index (Phi) is 3.82. The predicted molar refractivity (Wildman–Crippen MR) is 78.2 cm³/mol. The first-order valence-electron chi connectivity index (χ1n) is 6.94. The van der Waals surface area contributed by atoms with Gasteiger partial charge in [0.2, 0.25) is 5.88 Å². The van der Waals surface area contributed by atoms with Gasteiger partial charge in [-0.1, -0.05) is 0 Å². The summed E-state index contributed by atoms with van der Waals surface area (Å²) in [5.41, 5.74) is 1.32. The van der Waals surface area contributed by atoms with E-state index in [0.29, 0.717) is 12.4 Å². The van der Waals surface area contributed by atoms with Crippen molar-refractivity contribution in [1.82, 2.24) is 15.3 Å². The van der Waals surface area contributed by atoms with E-state index in [9.17, 15) is 4.79 Å². The molecule has 20 heavy (non-hydrogen) atoms. The molecular weight excluding hydrogens is 274 g/mol. The summed E-state index contributed by atoms with van der Waals surface area (Å²) in [6.45, 7) is 2.50. The van der Waals surface area contributed by atoms with Crippen molar-refractivity contribution in [3.05, 3.63) is 16.8 Å². The fraction of sp³-hybridized carbons (Fsp3) is 0.500. The molecule has 1 N–H and O–H groups in total. The molecule has 2 aromatic heterocycles.